The molecule has 1 N–H and O–H groups in total. The zero-order chi connectivity index (χ0) is 17.0. The van der Waals surface area contributed by atoms with E-state index in [1.54, 1.807) is 28.6 Å². The number of carbonyl (C=O) groups is 1. The summed E-state index contributed by atoms with van der Waals surface area (Å²) in [6.07, 6.45) is 2.95. The number of carbonyl (C=O) groups excluding carboxylic acids is 1. The Labute approximate surface area is 143 Å². The van der Waals surface area contributed by atoms with E-state index in [0.29, 0.717) is 37.1 Å². The van der Waals surface area contributed by atoms with Gasteiger partial charge < -0.3 is 10.1 Å². The lowest BCUT2D eigenvalue weighted by atomic mass is 9.98. The van der Waals surface area contributed by atoms with Crippen LogP contribution >= 0.6 is 0 Å². The Kier molecular flexibility index (Phi) is 5.53. The lowest BCUT2D eigenvalue weighted by Gasteiger charge is -2.31. The topological polar surface area (TPSA) is 75.7 Å². The van der Waals surface area contributed by atoms with Gasteiger partial charge in [0.2, 0.25) is 15.9 Å². The van der Waals surface area contributed by atoms with Crippen LogP contribution < -0.4 is 5.32 Å². The van der Waals surface area contributed by atoms with Crippen LogP contribution in [-0.2, 0) is 19.6 Å². The van der Waals surface area contributed by atoms with E-state index in [2.05, 4.69) is 5.32 Å². The molecule has 1 aromatic rings. The Balaban J connectivity index is 1.48. The van der Waals surface area contributed by atoms with Crippen molar-refractivity contribution in [1.29, 1.82) is 0 Å². The van der Waals surface area contributed by atoms with Crippen molar-refractivity contribution in [1.82, 2.24) is 9.62 Å². The molecule has 6 nitrogen and oxygen atoms in total. The fourth-order valence-electron chi connectivity index (χ4n) is 3.24. The van der Waals surface area contributed by atoms with Gasteiger partial charge in [0, 0.05) is 26.2 Å². The SMILES string of the molecule is O=C(NCC1CCN(S(=O)(=O)c2ccccc2)CC1)C1CCCO1. The fourth-order valence-corrected chi connectivity index (χ4v) is 4.73. The van der Waals surface area contributed by atoms with Gasteiger partial charge in [-0.3, -0.25) is 4.79 Å². The average molecular weight is 352 g/mol. The molecule has 0 aliphatic carbocycles. The fraction of sp³-hybridized carbons (Fsp3) is 0.588. The maximum Gasteiger partial charge on any atom is 0.249 e. The van der Waals surface area contributed by atoms with Gasteiger partial charge in [-0.2, -0.15) is 4.31 Å². The van der Waals surface area contributed by atoms with Gasteiger partial charge in [0.05, 0.1) is 4.90 Å². The number of amides is 1. The summed E-state index contributed by atoms with van der Waals surface area (Å²) in [6.45, 7) is 2.25. The number of nitrogens with one attached hydrogen (secondary N) is 1. The molecule has 132 valence electrons. The Morgan fingerprint density at radius 2 is 1.88 bits per heavy atom. The van der Waals surface area contributed by atoms with Crippen molar-refractivity contribution >= 4 is 15.9 Å². The summed E-state index contributed by atoms with van der Waals surface area (Å²) in [5.41, 5.74) is 0. The van der Waals surface area contributed by atoms with Crippen molar-refractivity contribution in [3.63, 3.8) is 0 Å². The highest BCUT2D eigenvalue weighted by molar-refractivity contribution is 7.89. The van der Waals surface area contributed by atoms with Gasteiger partial charge in [0.15, 0.2) is 0 Å². The first-order valence-corrected chi connectivity index (χ1v) is 9.96. The third-order valence-corrected chi connectivity index (χ3v) is 6.65. The number of nitrogens with zero attached hydrogens (tertiary/aromatic N) is 1. The molecule has 0 aromatic heterocycles. The lowest BCUT2D eigenvalue weighted by Crippen LogP contribution is -2.43. The summed E-state index contributed by atoms with van der Waals surface area (Å²) < 4.78 is 32.1. The van der Waals surface area contributed by atoms with Crippen LogP contribution in [0.3, 0.4) is 0 Å². The summed E-state index contributed by atoms with van der Waals surface area (Å²) in [5, 5.41) is 2.95. The van der Waals surface area contributed by atoms with Crippen molar-refractivity contribution in [3.05, 3.63) is 30.3 Å². The third-order valence-electron chi connectivity index (χ3n) is 4.74. The van der Waals surface area contributed by atoms with Gasteiger partial charge in [-0.15, -0.1) is 0 Å². The molecule has 0 spiro atoms. The standard InChI is InChI=1S/C17H24N2O4S/c20-17(16-7-4-12-23-16)18-13-14-8-10-19(11-9-14)24(21,22)15-5-2-1-3-6-15/h1-3,5-6,14,16H,4,7-13H2,(H,18,20). The first-order chi connectivity index (χ1) is 11.6. The van der Waals surface area contributed by atoms with E-state index in [0.717, 1.165) is 25.7 Å². The third kappa shape index (κ3) is 3.96. The largest absolute Gasteiger partial charge is 0.368 e. The van der Waals surface area contributed by atoms with Crippen LogP contribution in [0.1, 0.15) is 25.7 Å². The zero-order valence-corrected chi connectivity index (χ0v) is 14.5. The quantitative estimate of drug-likeness (QED) is 0.869. The van der Waals surface area contributed by atoms with E-state index < -0.39 is 10.0 Å². The lowest BCUT2D eigenvalue weighted by molar-refractivity contribution is -0.130. The molecular formula is C17H24N2O4S. The van der Waals surface area contributed by atoms with Crippen molar-refractivity contribution in [2.45, 2.75) is 36.7 Å². The van der Waals surface area contributed by atoms with E-state index >= 15 is 0 Å². The molecule has 2 heterocycles. The Morgan fingerprint density at radius 1 is 1.17 bits per heavy atom. The Morgan fingerprint density at radius 3 is 2.50 bits per heavy atom. The van der Waals surface area contributed by atoms with Gasteiger partial charge in [0.25, 0.3) is 0 Å². The number of hydrogen-bond donors (Lipinski definition) is 1. The maximum atomic E-state index is 12.6. The smallest absolute Gasteiger partial charge is 0.249 e. The molecule has 3 rings (SSSR count). The summed E-state index contributed by atoms with van der Waals surface area (Å²) in [6, 6.07) is 8.54. The molecule has 0 radical (unpaired) electrons. The van der Waals surface area contributed by atoms with Gasteiger partial charge in [-0.05, 0) is 43.7 Å². The average Bonchev–Trinajstić information content (AvgIpc) is 3.15. The second-order valence-electron chi connectivity index (χ2n) is 6.41. The summed E-state index contributed by atoms with van der Waals surface area (Å²) in [5.74, 6) is 0.282. The molecule has 1 atom stereocenters. The normalized spacial score (nSPS) is 23.2. The molecule has 0 saturated carbocycles. The molecule has 2 saturated heterocycles. The number of ether oxygens (including phenoxy) is 1. The van der Waals surface area contributed by atoms with Crippen LogP contribution in [0.4, 0.5) is 0 Å². The summed E-state index contributed by atoms with van der Waals surface area (Å²) in [7, 11) is -3.40. The minimum absolute atomic E-state index is 0.0353. The predicted octanol–water partition coefficient (Wildman–Crippen LogP) is 1.38. The summed E-state index contributed by atoms with van der Waals surface area (Å²) >= 11 is 0. The second kappa shape index (κ2) is 7.63. The van der Waals surface area contributed by atoms with Crippen molar-refractivity contribution < 1.29 is 17.9 Å². The highest BCUT2D eigenvalue weighted by Gasteiger charge is 2.30. The number of rotatable bonds is 5. The summed E-state index contributed by atoms with van der Waals surface area (Å²) in [4.78, 5) is 12.3. The molecule has 1 amide bonds. The Bertz CT molecular complexity index is 648. The molecule has 7 heteroatoms. The van der Waals surface area contributed by atoms with Crippen LogP contribution in [-0.4, -0.2) is 51.0 Å². The first-order valence-electron chi connectivity index (χ1n) is 8.52. The molecule has 2 fully saturated rings. The maximum absolute atomic E-state index is 12.6. The van der Waals surface area contributed by atoms with E-state index in [1.807, 2.05) is 6.07 Å². The predicted molar refractivity (Wildman–Crippen MR) is 89.9 cm³/mol. The number of sulfonamides is 1. The number of piperidine rings is 1. The monoisotopic (exact) mass is 352 g/mol. The van der Waals surface area contributed by atoms with Crippen molar-refractivity contribution in [2.24, 2.45) is 5.92 Å². The highest BCUT2D eigenvalue weighted by atomic mass is 32.2. The highest BCUT2D eigenvalue weighted by Crippen LogP contribution is 2.23. The molecule has 2 aliphatic rings. The van der Waals surface area contributed by atoms with Crippen molar-refractivity contribution in [3.8, 4) is 0 Å². The molecular weight excluding hydrogens is 328 g/mol. The van der Waals surface area contributed by atoms with Gasteiger partial charge in [-0.25, -0.2) is 8.42 Å². The van der Waals surface area contributed by atoms with Crippen LogP contribution in [0.15, 0.2) is 35.2 Å². The Hall–Kier alpha value is -1.44. The van der Waals surface area contributed by atoms with Gasteiger partial charge in [-0.1, -0.05) is 18.2 Å². The van der Waals surface area contributed by atoms with E-state index in [4.69, 9.17) is 4.74 Å². The van der Waals surface area contributed by atoms with Gasteiger partial charge in [0.1, 0.15) is 6.10 Å². The van der Waals surface area contributed by atoms with Crippen molar-refractivity contribution in [2.75, 3.05) is 26.2 Å². The van der Waals surface area contributed by atoms with Crippen LogP contribution in [0.5, 0.6) is 0 Å². The van der Waals surface area contributed by atoms with E-state index in [9.17, 15) is 13.2 Å². The van der Waals surface area contributed by atoms with Crippen LogP contribution in [0.25, 0.3) is 0 Å². The van der Waals surface area contributed by atoms with Crippen LogP contribution in [0, 0.1) is 5.92 Å². The molecule has 0 bridgehead atoms. The minimum atomic E-state index is -3.40. The molecule has 2 aliphatic heterocycles. The first kappa shape index (κ1) is 17.4. The second-order valence-corrected chi connectivity index (χ2v) is 8.35. The molecule has 1 aromatic carbocycles. The zero-order valence-electron chi connectivity index (χ0n) is 13.7. The van der Waals surface area contributed by atoms with Crippen LogP contribution in [0.2, 0.25) is 0 Å². The van der Waals surface area contributed by atoms with E-state index in [1.165, 1.54) is 0 Å². The molecule has 1 unspecified atom stereocenters. The van der Waals surface area contributed by atoms with E-state index in [-0.39, 0.29) is 12.0 Å². The number of benzene rings is 1. The minimum Gasteiger partial charge on any atom is -0.368 e. The van der Waals surface area contributed by atoms with Gasteiger partial charge >= 0.3 is 0 Å². The molecule has 24 heavy (non-hydrogen) atoms. The number of hydrogen-bond acceptors (Lipinski definition) is 4.